The van der Waals surface area contributed by atoms with Gasteiger partial charge in [-0.1, -0.05) is 22.0 Å². The summed E-state index contributed by atoms with van der Waals surface area (Å²) in [5.41, 5.74) is 1.39. The Balaban J connectivity index is 1.37. The van der Waals surface area contributed by atoms with Crippen molar-refractivity contribution in [2.75, 3.05) is 42.5 Å². The number of piperazine rings is 1. The summed E-state index contributed by atoms with van der Waals surface area (Å²) in [6, 6.07) is 13.1. The van der Waals surface area contributed by atoms with Gasteiger partial charge in [-0.15, -0.1) is 0 Å². The minimum Gasteiger partial charge on any atom is -0.353 e. The molecule has 8 heteroatoms. The Kier molecular flexibility index (Phi) is 5.49. The first-order valence-electron chi connectivity index (χ1n) is 9.51. The lowest BCUT2D eigenvalue weighted by Gasteiger charge is -2.36. The second-order valence-corrected chi connectivity index (χ2v) is 8.13. The molecule has 29 heavy (non-hydrogen) atoms. The van der Waals surface area contributed by atoms with Gasteiger partial charge in [0.1, 0.15) is 5.82 Å². The molecule has 0 saturated carbocycles. The molecule has 4 rings (SSSR count). The summed E-state index contributed by atoms with van der Waals surface area (Å²) in [4.78, 5) is 35.4. The molecular weight excluding hydrogens is 434 g/mol. The highest BCUT2D eigenvalue weighted by Gasteiger charge is 2.38. The molecule has 0 N–H and O–H groups in total. The Labute approximate surface area is 177 Å². The summed E-state index contributed by atoms with van der Waals surface area (Å²) in [6.45, 7) is 2.89. The van der Waals surface area contributed by atoms with Crippen molar-refractivity contribution in [3.63, 3.8) is 0 Å². The van der Waals surface area contributed by atoms with E-state index in [1.807, 2.05) is 29.2 Å². The minimum absolute atomic E-state index is 0.0161. The fourth-order valence-electron chi connectivity index (χ4n) is 3.84. The molecule has 1 atom stereocenters. The van der Waals surface area contributed by atoms with Crippen molar-refractivity contribution in [3.05, 3.63) is 52.6 Å². The molecule has 1 aromatic heterocycles. The van der Waals surface area contributed by atoms with E-state index >= 15 is 0 Å². The summed E-state index contributed by atoms with van der Waals surface area (Å²) >= 11 is 3.43. The molecule has 148 valence electrons. The molecule has 3 heterocycles. The van der Waals surface area contributed by atoms with Crippen molar-refractivity contribution < 1.29 is 9.59 Å². The predicted octanol–water partition coefficient (Wildman–Crippen LogP) is 2.42. The number of aromatic nitrogens is 1. The molecule has 2 aromatic rings. The normalized spacial score (nSPS) is 19.4. The highest BCUT2D eigenvalue weighted by molar-refractivity contribution is 9.10. The standard InChI is InChI=1S/C21H20BrN5O2/c22-17-2-1-3-18(12-17)27-14-16(11-20(27)28)21(29)26-8-6-25(7-9-26)19-10-15(13-23)4-5-24-19/h1-5,10,12,16H,6-9,11,14H2. The number of rotatable bonds is 3. The number of nitriles is 1. The molecule has 0 aliphatic carbocycles. The molecular formula is C21H20BrN5O2. The zero-order valence-corrected chi connectivity index (χ0v) is 17.4. The predicted molar refractivity (Wildman–Crippen MR) is 112 cm³/mol. The zero-order valence-electron chi connectivity index (χ0n) is 15.8. The van der Waals surface area contributed by atoms with E-state index in [-0.39, 0.29) is 24.2 Å². The molecule has 2 saturated heterocycles. The lowest BCUT2D eigenvalue weighted by molar-refractivity contribution is -0.136. The van der Waals surface area contributed by atoms with E-state index in [1.54, 1.807) is 23.2 Å². The number of halogens is 1. The molecule has 1 aromatic carbocycles. The van der Waals surface area contributed by atoms with Gasteiger partial charge in [-0.2, -0.15) is 5.26 Å². The van der Waals surface area contributed by atoms with Crippen molar-refractivity contribution in [3.8, 4) is 6.07 Å². The number of nitrogens with zero attached hydrogens (tertiary/aromatic N) is 5. The van der Waals surface area contributed by atoms with Crippen LogP contribution in [0, 0.1) is 17.2 Å². The van der Waals surface area contributed by atoms with E-state index in [9.17, 15) is 9.59 Å². The monoisotopic (exact) mass is 453 g/mol. The second-order valence-electron chi connectivity index (χ2n) is 7.21. The first-order chi connectivity index (χ1) is 14.0. The second kappa shape index (κ2) is 8.21. The van der Waals surface area contributed by atoms with Gasteiger partial charge < -0.3 is 14.7 Å². The van der Waals surface area contributed by atoms with Gasteiger partial charge >= 0.3 is 0 Å². The van der Waals surface area contributed by atoms with Gasteiger partial charge in [-0.25, -0.2) is 4.98 Å². The number of pyridine rings is 1. The minimum atomic E-state index is -0.312. The van der Waals surface area contributed by atoms with Crippen LogP contribution in [0.4, 0.5) is 11.5 Å². The largest absolute Gasteiger partial charge is 0.353 e. The van der Waals surface area contributed by atoms with Crippen LogP contribution in [-0.4, -0.2) is 54.4 Å². The fraction of sp³-hybridized carbons (Fsp3) is 0.333. The summed E-state index contributed by atoms with van der Waals surface area (Å²) < 4.78 is 0.905. The number of amides is 2. The summed E-state index contributed by atoms with van der Waals surface area (Å²) in [7, 11) is 0. The molecule has 0 bridgehead atoms. The molecule has 0 radical (unpaired) electrons. The first-order valence-corrected chi connectivity index (χ1v) is 10.3. The number of benzene rings is 1. The maximum atomic E-state index is 13.0. The highest BCUT2D eigenvalue weighted by atomic mass is 79.9. The topological polar surface area (TPSA) is 80.5 Å². The van der Waals surface area contributed by atoms with Crippen LogP contribution >= 0.6 is 15.9 Å². The van der Waals surface area contributed by atoms with Crippen LogP contribution in [0.15, 0.2) is 47.1 Å². The maximum absolute atomic E-state index is 13.0. The highest BCUT2D eigenvalue weighted by Crippen LogP contribution is 2.28. The average molecular weight is 454 g/mol. The molecule has 7 nitrogen and oxygen atoms in total. The van der Waals surface area contributed by atoms with Crippen molar-refractivity contribution in [2.24, 2.45) is 5.92 Å². The Morgan fingerprint density at radius 3 is 2.69 bits per heavy atom. The lowest BCUT2D eigenvalue weighted by atomic mass is 10.1. The Hall–Kier alpha value is -2.92. The van der Waals surface area contributed by atoms with Crippen LogP contribution in [0.2, 0.25) is 0 Å². The molecule has 2 fully saturated rings. The quantitative estimate of drug-likeness (QED) is 0.712. The SMILES string of the molecule is N#Cc1ccnc(N2CCN(C(=O)C3CC(=O)N(c4cccc(Br)c4)C3)CC2)c1. The average Bonchev–Trinajstić information content (AvgIpc) is 3.15. The van der Waals surface area contributed by atoms with Gasteiger partial charge in [0, 0.05) is 55.5 Å². The van der Waals surface area contributed by atoms with Crippen LogP contribution in [0.3, 0.4) is 0 Å². The van der Waals surface area contributed by atoms with Crippen LogP contribution in [-0.2, 0) is 9.59 Å². The third-order valence-electron chi connectivity index (χ3n) is 5.38. The third-order valence-corrected chi connectivity index (χ3v) is 5.88. The molecule has 2 amide bonds. The van der Waals surface area contributed by atoms with Gasteiger partial charge in [-0.3, -0.25) is 9.59 Å². The summed E-state index contributed by atoms with van der Waals surface area (Å²) in [5.74, 6) is 0.466. The Morgan fingerprint density at radius 1 is 1.17 bits per heavy atom. The number of hydrogen-bond donors (Lipinski definition) is 0. The summed E-state index contributed by atoms with van der Waals surface area (Å²) in [5, 5.41) is 9.05. The smallest absolute Gasteiger partial charge is 0.228 e. The van der Waals surface area contributed by atoms with Crippen LogP contribution in [0.25, 0.3) is 0 Å². The van der Waals surface area contributed by atoms with Gasteiger partial charge in [0.05, 0.1) is 17.6 Å². The van der Waals surface area contributed by atoms with Crippen molar-refractivity contribution >= 4 is 39.2 Å². The van der Waals surface area contributed by atoms with Crippen LogP contribution in [0.1, 0.15) is 12.0 Å². The van der Waals surface area contributed by atoms with Gasteiger partial charge in [-0.05, 0) is 30.3 Å². The fourth-order valence-corrected chi connectivity index (χ4v) is 4.23. The van der Waals surface area contributed by atoms with E-state index in [4.69, 9.17) is 5.26 Å². The first kappa shape index (κ1) is 19.4. The van der Waals surface area contributed by atoms with Gasteiger partial charge in [0.15, 0.2) is 0 Å². The third kappa shape index (κ3) is 4.10. The van der Waals surface area contributed by atoms with Gasteiger partial charge in [0.25, 0.3) is 0 Å². The van der Waals surface area contributed by atoms with E-state index in [2.05, 4.69) is 31.9 Å². The Morgan fingerprint density at radius 2 is 1.97 bits per heavy atom. The van der Waals surface area contributed by atoms with Crippen molar-refractivity contribution in [2.45, 2.75) is 6.42 Å². The van der Waals surface area contributed by atoms with E-state index in [0.717, 1.165) is 16.0 Å². The van der Waals surface area contributed by atoms with E-state index < -0.39 is 0 Å². The zero-order chi connectivity index (χ0) is 20.4. The van der Waals surface area contributed by atoms with Crippen molar-refractivity contribution in [1.82, 2.24) is 9.88 Å². The van der Waals surface area contributed by atoms with Crippen LogP contribution < -0.4 is 9.80 Å². The number of carbonyl (C=O) groups is 2. The Bertz CT molecular complexity index is 981. The molecule has 0 spiro atoms. The number of carbonyl (C=O) groups excluding carboxylic acids is 2. The molecule has 2 aliphatic heterocycles. The number of anilines is 2. The molecule has 1 unspecified atom stereocenters. The lowest BCUT2D eigenvalue weighted by Crippen LogP contribution is -2.51. The maximum Gasteiger partial charge on any atom is 0.228 e. The molecule has 2 aliphatic rings. The number of hydrogen-bond acceptors (Lipinski definition) is 5. The van der Waals surface area contributed by atoms with E-state index in [1.165, 1.54) is 0 Å². The van der Waals surface area contributed by atoms with Crippen molar-refractivity contribution in [1.29, 1.82) is 5.26 Å². The van der Waals surface area contributed by atoms with E-state index in [0.29, 0.717) is 38.3 Å². The van der Waals surface area contributed by atoms with Gasteiger partial charge in [0.2, 0.25) is 11.8 Å². The van der Waals surface area contributed by atoms with Crippen LogP contribution in [0.5, 0.6) is 0 Å². The summed E-state index contributed by atoms with van der Waals surface area (Å²) in [6.07, 6.45) is 1.88.